The van der Waals surface area contributed by atoms with Gasteiger partial charge in [-0.25, -0.2) is 0 Å². The van der Waals surface area contributed by atoms with Gasteiger partial charge in [-0.1, -0.05) is 0 Å². The Hall–Kier alpha value is -2.02. The van der Waals surface area contributed by atoms with Gasteiger partial charge >= 0.3 is 0 Å². The average Bonchev–Trinajstić information content (AvgIpc) is 3.23. The zero-order valence-corrected chi connectivity index (χ0v) is 33.2. The van der Waals surface area contributed by atoms with Crippen molar-refractivity contribution in [2.75, 3.05) is 33.0 Å². The topological polar surface area (TPSA) is 445 Å². The number of carbonyl (C=O) groups is 2. The molecule has 28 nitrogen and oxygen atoms in total. The normalized spacial score (nSPS) is 49.0. The second kappa shape index (κ2) is 22.0. The van der Waals surface area contributed by atoms with Crippen LogP contribution in [0.4, 0.5) is 0 Å². The second-order valence-electron chi connectivity index (χ2n) is 15.4. The molecule has 5 aliphatic rings. The van der Waals surface area contributed by atoms with E-state index < -0.39 is 198 Å². The highest BCUT2D eigenvalue weighted by molar-refractivity contribution is 5.73. The lowest BCUT2D eigenvalue weighted by Crippen LogP contribution is -2.70. The highest BCUT2D eigenvalue weighted by Gasteiger charge is 2.57. The molecule has 0 bridgehead atoms. The molecular weight excluding hydrogens is 852 g/mol. The van der Waals surface area contributed by atoms with Crippen LogP contribution in [-0.4, -0.2) is 275 Å². The molecule has 0 aromatic carbocycles. The molecular formula is C34H58N2O26. The number of ether oxygens (including phenoxy) is 9. The van der Waals surface area contributed by atoms with E-state index in [1.807, 2.05) is 0 Å². The molecule has 0 unspecified atom stereocenters. The third kappa shape index (κ3) is 10.8. The minimum atomic E-state index is -2.14. The molecule has 5 saturated heterocycles. The van der Waals surface area contributed by atoms with Gasteiger partial charge in [0.1, 0.15) is 122 Å². The average molecular weight is 911 g/mol. The molecule has 0 aliphatic carbocycles. The van der Waals surface area contributed by atoms with Gasteiger partial charge in [0, 0.05) is 13.8 Å². The summed E-state index contributed by atoms with van der Waals surface area (Å²) in [6, 6.07) is -3.36. The summed E-state index contributed by atoms with van der Waals surface area (Å²) in [6.07, 6.45) is -41.7. The predicted octanol–water partition coefficient (Wildman–Crippen LogP) is -11.6. The van der Waals surface area contributed by atoms with Crippen molar-refractivity contribution in [2.24, 2.45) is 0 Å². The fourth-order valence-electron chi connectivity index (χ4n) is 7.83. The first kappa shape index (κ1) is 51.0. The van der Waals surface area contributed by atoms with E-state index in [0.717, 1.165) is 13.8 Å². The van der Waals surface area contributed by atoms with Crippen molar-refractivity contribution < 1.29 is 129 Å². The van der Waals surface area contributed by atoms with Crippen LogP contribution in [0.3, 0.4) is 0 Å². The van der Waals surface area contributed by atoms with Crippen LogP contribution in [0.1, 0.15) is 13.8 Å². The maximum atomic E-state index is 12.4. The first-order valence-corrected chi connectivity index (χ1v) is 19.6. The number of carbonyl (C=O) groups excluding carboxylic acids is 2. The van der Waals surface area contributed by atoms with Gasteiger partial charge in [0.2, 0.25) is 11.8 Å². The fourth-order valence-corrected chi connectivity index (χ4v) is 7.83. The van der Waals surface area contributed by atoms with E-state index >= 15 is 0 Å². The van der Waals surface area contributed by atoms with Crippen LogP contribution in [0.15, 0.2) is 0 Å². The van der Waals surface area contributed by atoms with Crippen LogP contribution in [-0.2, 0) is 52.2 Å². The van der Waals surface area contributed by atoms with Crippen LogP contribution < -0.4 is 10.6 Å². The van der Waals surface area contributed by atoms with Crippen molar-refractivity contribution >= 4 is 11.8 Å². The molecule has 0 radical (unpaired) electrons. The molecule has 5 heterocycles. The van der Waals surface area contributed by atoms with Crippen molar-refractivity contribution in [1.29, 1.82) is 0 Å². The van der Waals surface area contributed by atoms with Crippen molar-refractivity contribution in [3.8, 4) is 0 Å². The van der Waals surface area contributed by atoms with Crippen LogP contribution in [0, 0.1) is 0 Å². The number of aliphatic hydroxyl groups is 15. The number of hydrogen-bond acceptors (Lipinski definition) is 26. The number of aliphatic hydroxyl groups excluding tert-OH is 15. The summed E-state index contributed by atoms with van der Waals surface area (Å²) < 4.78 is 51.0. The molecule has 360 valence electrons. The molecule has 0 spiro atoms. The summed E-state index contributed by atoms with van der Waals surface area (Å²) in [7, 11) is 0. The number of amides is 2. The maximum Gasteiger partial charge on any atom is 0.217 e. The Labute approximate surface area is 351 Å². The fraction of sp³-hybridized carbons (Fsp3) is 0.941. The van der Waals surface area contributed by atoms with Crippen LogP contribution >= 0.6 is 0 Å². The van der Waals surface area contributed by atoms with Crippen LogP contribution in [0.2, 0.25) is 0 Å². The Morgan fingerprint density at radius 2 is 0.694 bits per heavy atom. The Morgan fingerprint density at radius 3 is 1.05 bits per heavy atom. The molecule has 5 aliphatic heterocycles. The minimum absolute atomic E-state index is 0.791. The molecule has 17 N–H and O–H groups in total. The maximum absolute atomic E-state index is 12.4. The van der Waals surface area contributed by atoms with E-state index in [9.17, 15) is 86.2 Å². The molecule has 25 atom stereocenters. The first-order chi connectivity index (χ1) is 29.3. The summed E-state index contributed by atoms with van der Waals surface area (Å²) >= 11 is 0. The molecule has 0 saturated carbocycles. The first-order valence-electron chi connectivity index (χ1n) is 19.6. The van der Waals surface area contributed by atoms with Crippen molar-refractivity contribution in [2.45, 2.75) is 167 Å². The van der Waals surface area contributed by atoms with Gasteiger partial charge in [0.25, 0.3) is 0 Å². The lowest BCUT2D eigenvalue weighted by molar-refractivity contribution is -0.383. The zero-order chi connectivity index (χ0) is 45.9. The zero-order valence-electron chi connectivity index (χ0n) is 33.2. The largest absolute Gasteiger partial charge is 0.394 e. The van der Waals surface area contributed by atoms with E-state index in [0.29, 0.717) is 0 Å². The van der Waals surface area contributed by atoms with Crippen molar-refractivity contribution in [3.63, 3.8) is 0 Å². The number of hydrogen-bond donors (Lipinski definition) is 17. The third-order valence-electron chi connectivity index (χ3n) is 11.1. The third-order valence-corrected chi connectivity index (χ3v) is 11.1. The molecule has 5 fully saturated rings. The van der Waals surface area contributed by atoms with Gasteiger partial charge in [-0.3, -0.25) is 9.59 Å². The smallest absolute Gasteiger partial charge is 0.217 e. The molecule has 5 rings (SSSR count). The summed E-state index contributed by atoms with van der Waals surface area (Å²) in [4.78, 5) is 24.7. The molecule has 0 aromatic rings. The van der Waals surface area contributed by atoms with E-state index in [1.54, 1.807) is 0 Å². The standard InChI is InChI=1S/C34H58N2O26/c1-8(42)35-15-19(46)26(60-33-23(50)21(48)17(44)10(3-37)55-33)13(6-40)57-31(15)59-28-12(5-39)54-30(53)29(25(28)52)62-32-16(36-9(2)43)20(47)27(14(7-41)58-32)61-34-24(51)22(49)18(45)11(4-38)56-34/h10-34,37-41,44-53H,3-7H2,1-2H3,(H,35,42)(H,36,43)/t10-,11-,12-,13-,14-,15-,16-,17+,18+,19-,20-,21+,22+,23-,24-,25+,26-,27-,28-,29+,30+,31+,32+,33+,34+/m1/s1. The highest BCUT2D eigenvalue weighted by Crippen LogP contribution is 2.35. The minimum Gasteiger partial charge on any atom is -0.394 e. The number of rotatable bonds is 15. The summed E-state index contributed by atoms with van der Waals surface area (Å²) in [5.41, 5.74) is 0. The SMILES string of the molecule is CC(=O)N[C@H]1[C@H](O[C@H]2[C@@H](O)[C@H](O[C@@H]3O[C@H](CO)[C@@H](O[C@@H]4O[C@H](CO)[C@H](O)[C@H](O)[C@H]4O)[C@H](O)[C@H]3NC(C)=O)[C@@H](CO)O[C@@H]2O)O[C@H](CO)[C@@H](O[C@@H]2O[C@H](CO)[C@H](O)[C@H](O)[C@H]2O)[C@@H]1O. The Morgan fingerprint density at radius 1 is 0.387 bits per heavy atom. The summed E-state index contributed by atoms with van der Waals surface area (Å²) in [5.74, 6) is -1.59. The Kier molecular flexibility index (Phi) is 18.1. The van der Waals surface area contributed by atoms with E-state index in [1.165, 1.54) is 0 Å². The molecule has 28 heteroatoms. The van der Waals surface area contributed by atoms with Crippen molar-refractivity contribution in [1.82, 2.24) is 10.6 Å². The Balaban J connectivity index is 1.36. The molecule has 0 aromatic heterocycles. The van der Waals surface area contributed by atoms with Crippen molar-refractivity contribution in [3.05, 3.63) is 0 Å². The Bertz CT molecular complexity index is 1440. The van der Waals surface area contributed by atoms with Gasteiger partial charge in [-0.15, -0.1) is 0 Å². The highest BCUT2D eigenvalue weighted by atomic mass is 16.8. The monoisotopic (exact) mass is 910 g/mol. The van der Waals surface area contributed by atoms with Gasteiger partial charge in [-0.2, -0.15) is 0 Å². The van der Waals surface area contributed by atoms with Gasteiger partial charge in [-0.05, 0) is 0 Å². The summed E-state index contributed by atoms with van der Waals surface area (Å²) in [5, 5.41) is 162. The van der Waals surface area contributed by atoms with Crippen LogP contribution in [0.5, 0.6) is 0 Å². The van der Waals surface area contributed by atoms with Gasteiger partial charge in [0.15, 0.2) is 31.5 Å². The molecule has 62 heavy (non-hydrogen) atoms. The van der Waals surface area contributed by atoms with Gasteiger partial charge in [0.05, 0.1) is 33.0 Å². The number of nitrogens with one attached hydrogen (secondary N) is 2. The van der Waals surface area contributed by atoms with Crippen LogP contribution in [0.25, 0.3) is 0 Å². The van der Waals surface area contributed by atoms with Gasteiger partial charge < -0.3 is 130 Å². The summed E-state index contributed by atoms with van der Waals surface area (Å²) in [6.45, 7) is -2.48. The lowest BCUT2D eigenvalue weighted by atomic mass is 9.94. The quantitative estimate of drug-likeness (QED) is 0.0725. The lowest BCUT2D eigenvalue weighted by Gasteiger charge is -2.50. The second-order valence-corrected chi connectivity index (χ2v) is 15.4. The molecule has 2 amide bonds. The van der Waals surface area contributed by atoms with E-state index in [4.69, 9.17) is 42.6 Å². The predicted molar refractivity (Wildman–Crippen MR) is 190 cm³/mol. The van der Waals surface area contributed by atoms with E-state index in [-0.39, 0.29) is 0 Å². The van der Waals surface area contributed by atoms with E-state index in [2.05, 4.69) is 10.6 Å².